The normalized spacial score (nSPS) is 16.6. The second-order valence-electron chi connectivity index (χ2n) is 4.47. The lowest BCUT2D eigenvalue weighted by molar-refractivity contribution is -0.146. The van der Waals surface area contributed by atoms with E-state index in [9.17, 15) is 14.7 Å². The molecule has 16 heavy (non-hydrogen) atoms. The van der Waals surface area contributed by atoms with Crippen LogP contribution in [-0.2, 0) is 9.59 Å². The average molecular weight is 231 g/mol. The monoisotopic (exact) mass is 231 g/mol. The molecule has 0 aliphatic carbocycles. The molecule has 0 aromatic heterocycles. The summed E-state index contributed by atoms with van der Waals surface area (Å²) in [5.74, 6) is -2.60. The molecule has 5 heteroatoms. The Morgan fingerprint density at radius 2 is 1.62 bits per heavy atom. The lowest BCUT2D eigenvalue weighted by atomic mass is 9.95. The van der Waals surface area contributed by atoms with E-state index in [1.807, 2.05) is 13.8 Å². The number of hydrogen-bond donors (Lipinski definition) is 3. The lowest BCUT2D eigenvalue weighted by Crippen LogP contribution is -2.40. The zero-order valence-electron chi connectivity index (χ0n) is 10.2. The fourth-order valence-electron chi connectivity index (χ4n) is 1.04. The third-order valence-electron chi connectivity index (χ3n) is 2.81. The second kappa shape index (κ2) is 6.48. The van der Waals surface area contributed by atoms with Gasteiger partial charge in [-0.1, -0.05) is 27.7 Å². The van der Waals surface area contributed by atoms with Crippen molar-refractivity contribution in [3.63, 3.8) is 0 Å². The standard InChI is InChI=1S/C11H21NO4/c1-6(2)9(13)5-12-10(14)7(3)8(4)11(15)16/h6-9,13H,5H2,1-4H3,(H,12,14)(H,15,16). The summed E-state index contributed by atoms with van der Waals surface area (Å²) < 4.78 is 0. The smallest absolute Gasteiger partial charge is 0.307 e. The molecule has 0 fully saturated rings. The van der Waals surface area contributed by atoms with E-state index in [4.69, 9.17) is 5.11 Å². The molecule has 0 heterocycles. The van der Waals surface area contributed by atoms with Crippen molar-refractivity contribution >= 4 is 11.9 Å². The van der Waals surface area contributed by atoms with E-state index in [1.54, 1.807) is 6.92 Å². The van der Waals surface area contributed by atoms with Crippen LogP contribution in [0.5, 0.6) is 0 Å². The number of nitrogens with one attached hydrogen (secondary N) is 1. The van der Waals surface area contributed by atoms with Gasteiger partial charge in [-0.05, 0) is 5.92 Å². The predicted molar refractivity (Wildman–Crippen MR) is 59.8 cm³/mol. The van der Waals surface area contributed by atoms with Crippen molar-refractivity contribution in [1.29, 1.82) is 0 Å². The molecule has 0 radical (unpaired) electrons. The zero-order chi connectivity index (χ0) is 12.9. The van der Waals surface area contributed by atoms with Gasteiger partial charge in [0.15, 0.2) is 0 Å². The predicted octanol–water partition coefficient (Wildman–Crippen LogP) is 0.476. The van der Waals surface area contributed by atoms with E-state index in [0.29, 0.717) is 0 Å². The Labute approximate surface area is 95.9 Å². The molecule has 3 N–H and O–H groups in total. The number of carbonyl (C=O) groups excluding carboxylic acids is 1. The van der Waals surface area contributed by atoms with Crippen molar-refractivity contribution in [3.05, 3.63) is 0 Å². The summed E-state index contributed by atoms with van der Waals surface area (Å²) in [5.41, 5.74) is 0. The number of aliphatic carboxylic acids is 1. The van der Waals surface area contributed by atoms with Gasteiger partial charge < -0.3 is 15.5 Å². The van der Waals surface area contributed by atoms with Gasteiger partial charge in [0.25, 0.3) is 0 Å². The van der Waals surface area contributed by atoms with Crippen LogP contribution in [0.25, 0.3) is 0 Å². The topological polar surface area (TPSA) is 86.6 Å². The highest BCUT2D eigenvalue weighted by molar-refractivity contribution is 5.84. The molecule has 0 aromatic rings. The number of hydrogen-bond acceptors (Lipinski definition) is 3. The number of aliphatic hydroxyl groups is 1. The average Bonchev–Trinajstić information content (AvgIpc) is 2.22. The second-order valence-corrected chi connectivity index (χ2v) is 4.47. The van der Waals surface area contributed by atoms with E-state index in [-0.39, 0.29) is 18.4 Å². The third kappa shape index (κ3) is 4.61. The first-order valence-corrected chi connectivity index (χ1v) is 5.46. The van der Waals surface area contributed by atoms with E-state index in [0.717, 1.165) is 0 Å². The minimum Gasteiger partial charge on any atom is -0.481 e. The molecule has 0 saturated carbocycles. The molecular weight excluding hydrogens is 210 g/mol. The molecule has 1 amide bonds. The van der Waals surface area contributed by atoms with E-state index in [2.05, 4.69) is 5.32 Å². The van der Waals surface area contributed by atoms with Gasteiger partial charge in [0.2, 0.25) is 5.91 Å². The Morgan fingerprint density at radius 1 is 1.12 bits per heavy atom. The van der Waals surface area contributed by atoms with Gasteiger partial charge in [-0.15, -0.1) is 0 Å². The van der Waals surface area contributed by atoms with Crippen LogP contribution in [0.2, 0.25) is 0 Å². The molecule has 5 nitrogen and oxygen atoms in total. The van der Waals surface area contributed by atoms with Crippen molar-refractivity contribution in [2.24, 2.45) is 17.8 Å². The number of carboxylic acids is 1. The highest BCUT2D eigenvalue weighted by atomic mass is 16.4. The molecule has 0 saturated heterocycles. The minimum atomic E-state index is -0.993. The molecule has 0 aromatic carbocycles. The van der Waals surface area contributed by atoms with Crippen LogP contribution in [0.3, 0.4) is 0 Å². The summed E-state index contributed by atoms with van der Waals surface area (Å²) in [6.07, 6.45) is -0.601. The van der Waals surface area contributed by atoms with Gasteiger partial charge in [0, 0.05) is 12.5 Å². The van der Waals surface area contributed by atoms with Crippen LogP contribution in [-0.4, -0.2) is 34.7 Å². The highest BCUT2D eigenvalue weighted by Gasteiger charge is 2.26. The number of aliphatic hydroxyl groups excluding tert-OH is 1. The van der Waals surface area contributed by atoms with Gasteiger partial charge in [0.05, 0.1) is 12.0 Å². The number of carboxylic acid groups (broad SMARTS) is 1. The van der Waals surface area contributed by atoms with Gasteiger partial charge >= 0.3 is 5.97 Å². The molecule has 0 aliphatic rings. The maximum Gasteiger partial charge on any atom is 0.307 e. The Kier molecular flexibility index (Phi) is 6.03. The minimum absolute atomic E-state index is 0.0625. The van der Waals surface area contributed by atoms with Crippen molar-refractivity contribution in [2.45, 2.75) is 33.8 Å². The summed E-state index contributed by atoms with van der Waals surface area (Å²) in [7, 11) is 0. The van der Waals surface area contributed by atoms with Gasteiger partial charge in [-0.25, -0.2) is 0 Å². The Balaban J connectivity index is 4.12. The quantitative estimate of drug-likeness (QED) is 0.620. The summed E-state index contributed by atoms with van der Waals surface area (Å²) in [6, 6.07) is 0. The fraction of sp³-hybridized carbons (Fsp3) is 0.818. The molecule has 0 spiro atoms. The molecule has 3 atom stereocenters. The molecule has 94 valence electrons. The Bertz CT molecular complexity index is 252. The summed E-state index contributed by atoms with van der Waals surface area (Å²) in [6.45, 7) is 6.91. The first-order valence-electron chi connectivity index (χ1n) is 5.46. The Morgan fingerprint density at radius 3 is 2.00 bits per heavy atom. The number of rotatable bonds is 6. The summed E-state index contributed by atoms with van der Waals surface area (Å²) >= 11 is 0. The molecule has 0 bridgehead atoms. The van der Waals surface area contributed by atoms with E-state index in [1.165, 1.54) is 6.92 Å². The van der Waals surface area contributed by atoms with Crippen molar-refractivity contribution in [3.8, 4) is 0 Å². The fourth-order valence-corrected chi connectivity index (χ4v) is 1.04. The van der Waals surface area contributed by atoms with Gasteiger partial charge in [-0.2, -0.15) is 0 Å². The first-order chi connectivity index (χ1) is 7.27. The highest BCUT2D eigenvalue weighted by Crippen LogP contribution is 2.11. The van der Waals surface area contributed by atoms with Crippen LogP contribution in [0.4, 0.5) is 0 Å². The van der Waals surface area contributed by atoms with Crippen molar-refractivity contribution in [1.82, 2.24) is 5.32 Å². The molecule has 0 rings (SSSR count). The van der Waals surface area contributed by atoms with E-state index < -0.39 is 23.9 Å². The molecule has 0 aliphatic heterocycles. The Hall–Kier alpha value is -1.10. The summed E-state index contributed by atoms with van der Waals surface area (Å²) in [5, 5.41) is 20.8. The van der Waals surface area contributed by atoms with Crippen molar-refractivity contribution < 1.29 is 19.8 Å². The van der Waals surface area contributed by atoms with Crippen LogP contribution < -0.4 is 5.32 Å². The largest absolute Gasteiger partial charge is 0.481 e. The lowest BCUT2D eigenvalue weighted by Gasteiger charge is -2.19. The molecular formula is C11H21NO4. The van der Waals surface area contributed by atoms with Crippen LogP contribution in [0.1, 0.15) is 27.7 Å². The maximum atomic E-state index is 11.5. The maximum absolute atomic E-state index is 11.5. The number of amides is 1. The van der Waals surface area contributed by atoms with E-state index >= 15 is 0 Å². The van der Waals surface area contributed by atoms with Crippen LogP contribution >= 0.6 is 0 Å². The molecule has 3 unspecified atom stereocenters. The van der Waals surface area contributed by atoms with Crippen molar-refractivity contribution in [2.75, 3.05) is 6.54 Å². The van der Waals surface area contributed by atoms with Gasteiger partial charge in [-0.3, -0.25) is 9.59 Å². The van der Waals surface area contributed by atoms with Crippen LogP contribution in [0, 0.1) is 17.8 Å². The summed E-state index contributed by atoms with van der Waals surface area (Å²) in [4.78, 5) is 22.2. The van der Waals surface area contributed by atoms with Gasteiger partial charge in [0.1, 0.15) is 0 Å². The number of carbonyl (C=O) groups is 2. The first kappa shape index (κ1) is 14.9. The zero-order valence-corrected chi connectivity index (χ0v) is 10.2. The third-order valence-corrected chi connectivity index (χ3v) is 2.81. The van der Waals surface area contributed by atoms with Crippen LogP contribution in [0.15, 0.2) is 0 Å². The SMILES string of the molecule is CC(C)C(O)CNC(=O)C(C)C(C)C(=O)O.